The summed E-state index contributed by atoms with van der Waals surface area (Å²) in [5.74, 6) is 0.947. The number of aromatic nitrogens is 2. The van der Waals surface area contributed by atoms with Crippen molar-refractivity contribution >= 4 is 0 Å². The van der Waals surface area contributed by atoms with Gasteiger partial charge in [0.1, 0.15) is 5.82 Å². The lowest BCUT2D eigenvalue weighted by molar-refractivity contribution is 0.747. The molecular weight excluding hydrogens is 258 g/mol. The molecule has 0 aliphatic rings. The molecule has 2 rings (SSSR count). The molecule has 1 aromatic heterocycles. The van der Waals surface area contributed by atoms with Crippen LogP contribution in [0.25, 0.3) is 0 Å². The van der Waals surface area contributed by atoms with Crippen molar-refractivity contribution in [3.63, 3.8) is 0 Å². The van der Waals surface area contributed by atoms with Crippen molar-refractivity contribution in [3.8, 4) is 0 Å². The minimum Gasteiger partial charge on any atom is -0.319 e. The molecule has 0 saturated heterocycles. The van der Waals surface area contributed by atoms with Crippen LogP contribution in [0.2, 0.25) is 0 Å². The quantitative estimate of drug-likeness (QED) is 0.849. The fourth-order valence-electron chi connectivity index (χ4n) is 2.62. The van der Waals surface area contributed by atoms with Crippen LogP contribution in [0.3, 0.4) is 0 Å². The monoisotopic (exact) mass is 283 g/mol. The van der Waals surface area contributed by atoms with Crippen LogP contribution < -0.4 is 5.32 Å². The fraction of sp³-hybridized carbons (Fsp3) is 0.444. The van der Waals surface area contributed by atoms with Gasteiger partial charge < -0.3 is 5.32 Å². The molecule has 2 aromatic rings. The zero-order valence-electron chi connectivity index (χ0n) is 13.3. The Morgan fingerprint density at radius 2 is 1.57 bits per heavy atom. The maximum absolute atomic E-state index is 4.81. The summed E-state index contributed by atoms with van der Waals surface area (Å²) in [6.45, 7) is 5.33. The highest BCUT2D eigenvalue weighted by atomic mass is 14.9. The molecule has 0 atom stereocenters. The average Bonchev–Trinajstić information content (AvgIpc) is 2.53. The smallest absolute Gasteiger partial charge is 0.133 e. The Balaban J connectivity index is 2.31. The highest BCUT2D eigenvalue weighted by molar-refractivity contribution is 5.29. The second-order valence-electron chi connectivity index (χ2n) is 5.23. The van der Waals surface area contributed by atoms with E-state index in [0.717, 1.165) is 38.1 Å². The van der Waals surface area contributed by atoms with Gasteiger partial charge in [0.05, 0.1) is 0 Å². The second-order valence-corrected chi connectivity index (χ2v) is 5.23. The molecule has 1 aromatic carbocycles. The largest absolute Gasteiger partial charge is 0.319 e. The molecule has 0 unspecified atom stereocenters. The predicted molar refractivity (Wildman–Crippen MR) is 87.7 cm³/mol. The minimum absolute atomic E-state index is 0.813. The van der Waals surface area contributed by atoms with Gasteiger partial charge in [-0.3, -0.25) is 0 Å². The van der Waals surface area contributed by atoms with Gasteiger partial charge in [-0.1, -0.05) is 44.2 Å². The lowest BCUT2D eigenvalue weighted by Crippen LogP contribution is -2.16. The lowest BCUT2D eigenvalue weighted by Gasteiger charge is -2.14. The summed E-state index contributed by atoms with van der Waals surface area (Å²) in [4.78, 5) is 9.62. The summed E-state index contributed by atoms with van der Waals surface area (Å²) >= 11 is 0. The predicted octanol–water partition coefficient (Wildman–Crippen LogP) is 2.95. The Morgan fingerprint density at radius 3 is 2.10 bits per heavy atom. The fourth-order valence-corrected chi connectivity index (χ4v) is 2.62. The van der Waals surface area contributed by atoms with Crippen LogP contribution >= 0.6 is 0 Å². The highest BCUT2D eigenvalue weighted by Crippen LogP contribution is 2.16. The molecule has 0 spiro atoms. The molecule has 0 saturated carbocycles. The van der Waals surface area contributed by atoms with Crippen molar-refractivity contribution in [2.75, 3.05) is 13.6 Å². The molecule has 1 N–H and O–H groups in total. The van der Waals surface area contributed by atoms with Gasteiger partial charge in [-0.05, 0) is 44.0 Å². The van der Waals surface area contributed by atoms with Crippen LogP contribution in [-0.4, -0.2) is 23.6 Å². The van der Waals surface area contributed by atoms with Crippen LogP contribution in [0.1, 0.15) is 42.2 Å². The number of nitrogens with zero attached hydrogens (tertiary/aromatic N) is 2. The highest BCUT2D eigenvalue weighted by Gasteiger charge is 2.12. The number of likely N-dealkylation sites (N-methyl/N-ethyl adjacent to an activating group) is 1. The van der Waals surface area contributed by atoms with Gasteiger partial charge in [-0.25, -0.2) is 9.97 Å². The van der Waals surface area contributed by atoms with E-state index >= 15 is 0 Å². The molecule has 21 heavy (non-hydrogen) atoms. The van der Waals surface area contributed by atoms with E-state index in [2.05, 4.69) is 43.4 Å². The Hall–Kier alpha value is -1.74. The van der Waals surface area contributed by atoms with Crippen molar-refractivity contribution in [1.29, 1.82) is 0 Å². The molecule has 1 heterocycles. The van der Waals surface area contributed by atoms with Crippen LogP contribution in [0.4, 0.5) is 0 Å². The van der Waals surface area contributed by atoms with Gasteiger partial charge in [0.15, 0.2) is 0 Å². The second kappa shape index (κ2) is 7.89. The lowest BCUT2D eigenvalue weighted by atomic mass is 10.0. The first-order valence-electron chi connectivity index (χ1n) is 7.84. The average molecular weight is 283 g/mol. The third-order valence-electron chi connectivity index (χ3n) is 3.72. The van der Waals surface area contributed by atoms with Crippen molar-refractivity contribution in [2.45, 2.75) is 39.5 Å². The number of hydrogen-bond donors (Lipinski definition) is 1. The van der Waals surface area contributed by atoms with Gasteiger partial charge in [-0.2, -0.15) is 0 Å². The first-order chi connectivity index (χ1) is 10.3. The summed E-state index contributed by atoms with van der Waals surface area (Å²) in [5, 5.41) is 3.22. The van der Waals surface area contributed by atoms with Crippen LogP contribution in [0.15, 0.2) is 30.3 Å². The van der Waals surface area contributed by atoms with Gasteiger partial charge in [0.25, 0.3) is 0 Å². The zero-order valence-corrected chi connectivity index (χ0v) is 13.3. The first-order valence-corrected chi connectivity index (χ1v) is 7.84. The van der Waals surface area contributed by atoms with Gasteiger partial charge in [0.2, 0.25) is 0 Å². The van der Waals surface area contributed by atoms with Gasteiger partial charge in [-0.15, -0.1) is 0 Å². The van der Waals surface area contributed by atoms with Crippen LogP contribution in [-0.2, 0) is 25.7 Å². The Morgan fingerprint density at radius 1 is 0.952 bits per heavy atom. The number of nitrogens with one attached hydrogen (secondary N) is 1. The Bertz CT molecular complexity index is 539. The zero-order chi connectivity index (χ0) is 15.1. The van der Waals surface area contributed by atoms with E-state index in [9.17, 15) is 0 Å². The summed E-state index contributed by atoms with van der Waals surface area (Å²) in [6, 6.07) is 10.4. The van der Waals surface area contributed by atoms with Gasteiger partial charge in [0, 0.05) is 17.8 Å². The van der Waals surface area contributed by atoms with E-state index in [4.69, 9.17) is 9.97 Å². The summed E-state index contributed by atoms with van der Waals surface area (Å²) in [7, 11) is 1.99. The number of rotatable bonds is 7. The third kappa shape index (κ3) is 4.11. The molecule has 0 aliphatic carbocycles. The summed E-state index contributed by atoms with van der Waals surface area (Å²) in [6.07, 6.45) is 3.76. The van der Waals surface area contributed by atoms with Crippen molar-refractivity contribution in [1.82, 2.24) is 15.3 Å². The van der Waals surface area contributed by atoms with Crippen molar-refractivity contribution in [3.05, 3.63) is 58.7 Å². The molecule has 0 amide bonds. The standard InChI is InChI=1S/C18H25N3/c1-4-16-15(11-12-19-3)17(5-2)21-18(20-16)13-14-9-7-6-8-10-14/h6-10,19H,4-5,11-13H2,1-3H3. The normalized spacial score (nSPS) is 10.8. The Kier molecular flexibility index (Phi) is 5.88. The van der Waals surface area contributed by atoms with E-state index < -0.39 is 0 Å². The molecule has 112 valence electrons. The third-order valence-corrected chi connectivity index (χ3v) is 3.72. The maximum atomic E-state index is 4.81. The summed E-state index contributed by atoms with van der Waals surface area (Å²) < 4.78 is 0. The maximum Gasteiger partial charge on any atom is 0.133 e. The topological polar surface area (TPSA) is 37.8 Å². The van der Waals surface area contributed by atoms with E-state index in [-0.39, 0.29) is 0 Å². The molecule has 3 nitrogen and oxygen atoms in total. The van der Waals surface area contributed by atoms with E-state index in [0.29, 0.717) is 0 Å². The van der Waals surface area contributed by atoms with Gasteiger partial charge >= 0.3 is 0 Å². The van der Waals surface area contributed by atoms with E-state index in [1.165, 1.54) is 22.5 Å². The van der Waals surface area contributed by atoms with Crippen molar-refractivity contribution < 1.29 is 0 Å². The first kappa shape index (κ1) is 15.6. The number of benzene rings is 1. The molecule has 0 fully saturated rings. The molecule has 0 aliphatic heterocycles. The number of aryl methyl sites for hydroxylation is 2. The molecule has 0 radical (unpaired) electrons. The number of hydrogen-bond acceptors (Lipinski definition) is 3. The van der Waals surface area contributed by atoms with E-state index in [1.54, 1.807) is 0 Å². The molecule has 0 bridgehead atoms. The molecular formula is C18H25N3. The Labute approximate surface area is 127 Å². The SMILES string of the molecule is CCc1nc(Cc2ccccc2)nc(CC)c1CCNC. The van der Waals surface area contributed by atoms with Crippen LogP contribution in [0, 0.1) is 0 Å². The molecule has 3 heteroatoms. The van der Waals surface area contributed by atoms with E-state index in [1.807, 2.05) is 13.1 Å². The van der Waals surface area contributed by atoms with Crippen molar-refractivity contribution in [2.24, 2.45) is 0 Å². The van der Waals surface area contributed by atoms with Crippen LogP contribution in [0.5, 0.6) is 0 Å². The minimum atomic E-state index is 0.813. The summed E-state index contributed by atoms with van der Waals surface area (Å²) in [5.41, 5.74) is 5.03.